The molecule has 7 nitrogen and oxygen atoms in total. The van der Waals surface area contributed by atoms with Gasteiger partial charge in [-0.05, 0) is 38.5 Å². The minimum absolute atomic E-state index is 0.00240. The lowest BCUT2D eigenvalue weighted by Crippen LogP contribution is -2.43. The number of anilines is 1. The summed E-state index contributed by atoms with van der Waals surface area (Å²) in [5.41, 5.74) is 2.32. The number of carbonyl (C=O) groups is 1. The number of nitrogens with zero attached hydrogens (tertiary/aromatic N) is 3. The average molecular weight is 418 g/mol. The molecular weight excluding hydrogens is 390 g/mol. The Morgan fingerprint density at radius 1 is 1.23 bits per heavy atom. The molecule has 1 aromatic heterocycles. The van der Waals surface area contributed by atoms with Gasteiger partial charge >= 0.3 is 0 Å². The molecule has 2 bridgehead atoms. The molecule has 160 valence electrons. The molecule has 2 saturated heterocycles. The number of amides is 1. The molecule has 2 aromatic carbocycles. The zero-order valence-corrected chi connectivity index (χ0v) is 17.8. The molecule has 1 amide bonds. The van der Waals surface area contributed by atoms with E-state index in [-0.39, 0.29) is 24.1 Å². The summed E-state index contributed by atoms with van der Waals surface area (Å²) in [6.07, 6.45) is 1.14. The molecule has 0 radical (unpaired) electrons. The molecule has 3 heterocycles. The molecule has 0 spiro atoms. The van der Waals surface area contributed by atoms with Crippen molar-refractivity contribution in [1.82, 2.24) is 20.2 Å². The van der Waals surface area contributed by atoms with Gasteiger partial charge in [-0.3, -0.25) is 14.2 Å². The van der Waals surface area contributed by atoms with Crippen LogP contribution in [0.4, 0.5) is 5.69 Å². The fourth-order valence-electron chi connectivity index (χ4n) is 4.73. The Balaban J connectivity index is 1.62. The standard InChI is InChI=1S/C24H27N5O2/c1-15(2)26-22(30)14-29-23(16-6-4-3-5-7-16)27-21-9-8-18(11-20(21)24(29)31)28-13-17-10-19(28)12-25-17/h3-9,11,15,17,19,25H,10,12-14H2,1-2H3,(H,26,30)/t17-,19-/m0/s1. The van der Waals surface area contributed by atoms with Crippen LogP contribution in [0.3, 0.4) is 0 Å². The van der Waals surface area contributed by atoms with Gasteiger partial charge in [0.05, 0.1) is 10.9 Å². The summed E-state index contributed by atoms with van der Waals surface area (Å²) in [4.78, 5) is 33.3. The highest BCUT2D eigenvalue weighted by Gasteiger charge is 2.37. The van der Waals surface area contributed by atoms with E-state index in [4.69, 9.17) is 4.98 Å². The van der Waals surface area contributed by atoms with Crippen molar-refractivity contribution in [2.75, 3.05) is 18.0 Å². The highest BCUT2D eigenvalue weighted by atomic mass is 16.2. The Bertz CT molecular complexity index is 1190. The van der Waals surface area contributed by atoms with Crippen LogP contribution in [-0.2, 0) is 11.3 Å². The minimum Gasteiger partial charge on any atom is -0.366 e. The summed E-state index contributed by atoms with van der Waals surface area (Å²) >= 11 is 0. The molecule has 5 rings (SSSR count). The fraction of sp³-hybridized carbons (Fsp3) is 0.375. The average Bonchev–Trinajstić information content (AvgIpc) is 3.39. The molecule has 2 fully saturated rings. The lowest BCUT2D eigenvalue weighted by molar-refractivity contribution is -0.122. The summed E-state index contributed by atoms with van der Waals surface area (Å²) in [6, 6.07) is 16.5. The van der Waals surface area contributed by atoms with Crippen molar-refractivity contribution in [3.63, 3.8) is 0 Å². The molecule has 31 heavy (non-hydrogen) atoms. The summed E-state index contributed by atoms with van der Waals surface area (Å²) in [5.74, 6) is 0.309. The maximum atomic E-state index is 13.6. The summed E-state index contributed by atoms with van der Waals surface area (Å²) in [5, 5.41) is 6.94. The highest BCUT2D eigenvalue weighted by molar-refractivity contribution is 5.85. The Morgan fingerprint density at radius 3 is 2.71 bits per heavy atom. The lowest BCUT2D eigenvalue weighted by atomic mass is 10.1. The first-order chi connectivity index (χ1) is 15.0. The van der Waals surface area contributed by atoms with E-state index in [0.717, 1.165) is 30.8 Å². The number of fused-ring (bicyclic) bond motifs is 3. The number of benzene rings is 2. The molecule has 2 N–H and O–H groups in total. The first-order valence-electron chi connectivity index (χ1n) is 10.9. The van der Waals surface area contributed by atoms with Crippen LogP contribution in [0.25, 0.3) is 22.3 Å². The van der Waals surface area contributed by atoms with E-state index in [0.29, 0.717) is 28.8 Å². The van der Waals surface area contributed by atoms with Crippen LogP contribution < -0.4 is 21.1 Å². The second kappa shape index (κ2) is 7.81. The third kappa shape index (κ3) is 3.70. The van der Waals surface area contributed by atoms with Crippen molar-refractivity contribution >= 4 is 22.5 Å². The molecule has 2 aliphatic rings. The van der Waals surface area contributed by atoms with E-state index in [1.807, 2.05) is 56.3 Å². The molecule has 7 heteroatoms. The van der Waals surface area contributed by atoms with Gasteiger partial charge in [0.1, 0.15) is 12.4 Å². The predicted octanol–water partition coefficient (Wildman–Crippen LogP) is 2.14. The second-order valence-corrected chi connectivity index (χ2v) is 8.76. The van der Waals surface area contributed by atoms with E-state index in [2.05, 4.69) is 21.6 Å². The van der Waals surface area contributed by atoms with E-state index in [9.17, 15) is 9.59 Å². The Hall–Kier alpha value is -3.19. The Kier molecular flexibility index (Phi) is 4.98. The van der Waals surface area contributed by atoms with Crippen molar-refractivity contribution in [3.8, 4) is 11.4 Å². The van der Waals surface area contributed by atoms with Crippen molar-refractivity contribution in [2.45, 2.75) is 44.9 Å². The number of rotatable bonds is 5. The Labute approximate surface area is 181 Å². The minimum atomic E-state index is -0.200. The third-order valence-corrected chi connectivity index (χ3v) is 6.11. The van der Waals surface area contributed by atoms with Crippen LogP contribution in [0.1, 0.15) is 20.3 Å². The van der Waals surface area contributed by atoms with Crippen LogP contribution >= 0.6 is 0 Å². The normalized spacial score (nSPS) is 20.0. The highest BCUT2D eigenvalue weighted by Crippen LogP contribution is 2.31. The number of hydrogen-bond donors (Lipinski definition) is 2. The molecule has 0 saturated carbocycles. The van der Waals surface area contributed by atoms with Crippen molar-refractivity contribution < 1.29 is 4.79 Å². The van der Waals surface area contributed by atoms with Gasteiger partial charge in [-0.15, -0.1) is 0 Å². The topological polar surface area (TPSA) is 79.3 Å². The van der Waals surface area contributed by atoms with Crippen LogP contribution in [0.2, 0.25) is 0 Å². The molecular formula is C24H27N5O2. The van der Waals surface area contributed by atoms with Crippen molar-refractivity contribution in [2.24, 2.45) is 0 Å². The first kappa shape index (κ1) is 19.8. The number of aromatic nitrogens is 2. The fourth-order valence-corrected chi connectivity index (χ4v) is 4.73. The zero-order chi connectivity index (χ0) is 21.5. The number of hydrogen-bond acceptors (Lipinski definition) is 5. The van der Waals surface area contributed by atoms with Gasteiger partial charge in [-0.2, -0.15) is 0 Å². The molecule has 3 aromatic rings. The van der Waals surface area contributed by atoms with Crippen LogP contribution in [0.15, 0.2) is 53.3 Å². The second-order valence-electron chi connectivity index (χ2n) is 8.76. The van der Waals surface area contributed by atoms with E-state index < -0.39 is 0 Å². The summed E-state index contributed by atoms with van der Waals surface area (Å²) in [6.45, 7) is 5.68. The van der Waals surface area contributed by atoms with Gasteiger partial charge in [0, 0.05) is 42.5 Å². The molecule has 2 aliphatic heterocycles. The number of carbonyl (C=O) groups excluding carboxylic acids is 1. The number of nitrogens with one attached hydrogen (secondary N) is 2. The number of piperazine rings is 1. The van der Waals surface area contributed by atoms with Gasteiger partial charge in [0.15, 0.2) is 0 Å². The van der Waals surface area contributed by atoms with E-state index in [1.165, 1.54) is 4.57 Å². The van der Waals surface area contributed by atoms with Gasteiger partial charge < -0.3 is 15.5 Å². The zero-order valence-electron chi connectivity index (χ0n) is 17.8. The molecule has 0 unspecified atom stereocenters. The lowest BCUT2D eigenvalue weighted by Gasteiger charge is -2.29. The van der Waals surface area contributed by atoms with Gasteiger partial charge in [0.2, 0.25) is 5.91 Å². The summed E-state index contributed by atoms with van der Waals surface area (Å²) in [7, 11) is 0. The van der Waals surface area contributed by atoms with Gasteiger partial charge in [-0.25, -0.2) is 4.98 Å². The first-order valence-corrected chi connectivity index (χ1v) is 10.9. The SMILES string of the molecule is CC(C)NC(=O)Cn1c(-c2ccccc2)nc2ccc(N3C[C@@H]4C[C@H]3CN4)cc2c1=O. The van der Waals surface area contributed by atoms with Crippen LogP contribution in [0, 0.1) is 0 Å². The van der Waals surface area contributed by atoms with Gasteiger partial charge in [-0.1, -0.05) is 30.3 Å². The summed E-state index contributed by atoms with van der Waals surface area (Å²) < 4.78 is 1.50. The van der Waals surface area contributed by atoms with Crippen LogP contribution in [0.5, 0.6) is 0 Å². The van der Waals surface area contributed by atoms with Gasteiger partial charge in [0.25, 0.3) is 5.56 Å². The molecule has 2 atom stereocenters. The van der Waals surface area contributed by atoms with Crippen molar-refractivity contribution in [1.29, 1.82) is 0 Å². The smallest absolute Gasteiger partial charge is 0.262 e. The van der Waals surface area contributed by atoms with Crippen LogP contribution in [-0.4, -0.2) is 46.7 Å². The predicted molar refractivity (Wildman–Crippen MR) is 122 cm³/mol. The maximum absolute atomic E-state index is 13.6. The monoisotopic (exact) mass is 417 g/mol. The van der Waals surface area contributed by atoms with E-state index in [1.54, 1.807) is 0 Å². The van der Waals surface area contributed by atoms with E-state index >= 15 is 0 Å². The van der Waals surface area contributed by atoms with Crippen molar-refractivity contribution in [3.05, 3.63) is 58.9 Å². The quantitative estimate of drug-likeness (QED) is 0.665. The molecule has 0 aliphatic carbocycles. The third-order valence-electron chi connectivity index (χ3n) is 6.11. The Morgan fingerprint density at radius 2 is 2.03 bits per heavy atom. The largest absolute Gasteiger partial charge is 0.366 e. The maximum Gasteiger partial charge on any atom is 0.262 e.